The van der Waals surface area contributed by atoms with Crippen molar-refractivity contribution in [3.8, 4) is 0 Å². The molecule has 0 aromatic heterocycles. The van der Waals surface area contributed by atoms with Gasteiger partial charge in [0.2, 0.25) is 10.0 Å². The molecule has 0 heterocycles. The highest BCUT2D eigenvalue weighted by Crippen LogP contribution is 2.51. The summed E-state index contributed by atoms with van der Waals surface area (Å²) >= 11 is 0. The van der Waals surface area contributed by atoms with Gasteiger partial charge in [0.25, 0.3) is 0 Å². The largest absolute Gasteiger partial charge is 0.396 e. The summed E-state index contributed by atoms with van der Waals surface area (Å²) in [5, 5.41) is 8.51. The maximum Gasteiger partial charge on any atom is 0.211 e. The summed E-state index contributed by atoms with van der Waals surface area (Å²) in [6, 6.07) is 0. The van der Waals surface area contributed by atoms with E-state index in [2.05, 4.69) is 18.6 Å². The molecule has 84 valence electrons. The normalized spacial score (nSPS) is 24.9. The number of aliphatic hydroxyl groups excluding tert-OH is 1. The molecule has 0 amide bonds. The molecule has 1 unspecified atom stereocenters. The summed E-state index contributed by atoms with van der Waals surface area (Å²) in [6.07, 6.45) is 1.40. The number of rotatable bonds is 6. The maximum absolute atomic E-state index is 11.3. The third kappa shape index (κ3) is 3.55. The molecule has 1 fully saturated rings. The van der Waals surface area contributed by atoms with Gasteiger partial charge in [-0.15, -0.1) is 0 Å². The van der Waals surface area contributed by atoms with Crippen molar-refractivity contribution < 1.29 is 13.5 Å². The van der Waals surface area contributed by atoms with Crippen molar-refractivity contribution in [3.05, 3.63) is 0 Å². The topological polar surface area (TPSA) is 66.4 Å². The molecule has 2 N–H and O–H groups in total. The average Bonchev–Trinajstić information content (AvgIpc) is 2.68. The van der Waals surface area contributed by atoms with E-state index in [1.54, 1.807) is 0 Å². The van der Waals surface area contributed by atoms with Gasteiger partial charge in [-0.2, -0.15) is 0 Å². The minimum Gasteiger partial charge on any atom is -0.396 e. The Balaban J connectivity index is 2.24. The summed E-state index contributed by atoms with van der Waals surface area (Å²) in [4.78, 5) is 0. The van der Waals surface area contributed by atoms with Crippen LogP contribution in [0.25, 0.3) is 0 Å². The van der Waals surface area contributed by atoms with E-state index in [0.29, 0.717) is 24.3 Å². The molecular formula is C9H19NO3S. The van der Waals surface area contributed by atoms with Crippen LogP contribution in [0.3, 0.4) is 0 Å². The summed E-state index contributed by atoms with van der Waals surface area (Å²) in [7, 11) is -3.16. The van der Waals surface area contributed by atoms with Gasteiger partial charge in [0.1, 0.15) is 0 Å². The average molecular weight is 221 g/mol. The van der Waals surface area contributed by atoms with Crippen LogP contribution in [0.2, 0.25) is 0 Å². The Morgan fingerprint density at radius 2 is 2.07 bits per heavy atom. The lowest BCUT2D eigenvalue weighted by Gasteiger charge is -2.06. The molecular weight excluding hydrogens is 202 g/mol. The second kappa shape index (κ2) is 4.16. The van der Waals surface area contributed by atoms with Crippen LogP contribution in [0.1, 0.15) is 26.7 Å². The molecule has 0 saturated heterocycles. The van der Waals surface area contributed by atoms with Gasteiger partial charge in [-0.1, -0.05) is 13.8 Å². The fourth-order valence-corrected chi connectivity index (χ4v) is 2.59. The van der Waals surface area contributed by atoms with Crippen LogP contribution in [0.4, 0.5) is 0 Å². The lowest BCUT2D eigenvalue weighted by molar-refractivity contribution is 0.295. The van der Waals surface area contributed by atoms with E-state index in [0.717, 1.165) is 6.42 Å². The zero-order valence-corrected chi connectivity index (χ0v) is 9.60. The van der Waals surface area contributed by atoms with E-state index < -0.39 is 10.0 Å². The maximum atomic E-state index is 11.3. The SMILES string of the molecule is CC1(C)CC1CNS(=O)(=O)CCCO. The van der Waals surface area contributed by atoms with Gasteiger partial charge in [-0.05, 0) is 24.2 Å². The number of sulfonamides is 1. The molecule has 14 heavy (non-hydrogen) atoms. The molecule has 0 aromatic rings. The van der Waals surface area contributed by atoms with E-state index in [9.17, 15) is 8.42 Å². The predicted octanol–water partition coefficient (Wildman–Crippen LogP) is 0.334. The summed E-state index contributed by atoms with van der Waals surface area (Å²) in [5.41, 5.74) is 0.305. The molecule has 1 atom stereocenters. The van der Waals surface area contributed by atoms with E-state index in [1.807, 2.05) is 0 Å². The molecule has 0 aromatic carbocycles. The van der Waals surface area contributed by atoms with Crippen molar-refractivity contribution in [3.63, 3.8) is 0 Å². The van der Waals surface area contributed by atoms with Crippen molar-refractivity contribution >= 4 is 10.0 Å². The van der Waals surface area contributed by atoms with Crippen molar-refractivity contribution in [2.45, 2.75) is 26.7 Å². The third-order valence-electron chi connectivity index (χ3n) is 2.84. The highest BCUT2D eigenvalue weighted by Gasteiger charge is 2.45. The standard InChI is InChI=1S/C9H19NO3S/c1-9(2)6-8(9)7-10-14(12,13)5-3-4-11/h8,10-11H,3-7H2,1-2H3. The Bertz CT molecular complexity index is 284. The molecule has 0 spiro atoms. The van der Waals surface area contributed by atoms with Gasteiger partial charge in [0.15, 0.2) is 0 Å². The Hall–Kier alpha value is -0.130. The van der Waals surface area contributed by atoms with Crippen LogP contribution in [-0.4, -0.2) is 32.4 Å². The first-order valence-electron chi connectivity index (χ1n) is 4.95. The predicted molar refractivity (Wildman–Crippen MR) is 55.4 cm³/mol. The van der Waals surface area contributed by atoms with Gasteiger partial charge in [-0.3, -0.25) is 0 Å². The number of hydrogen-bond donors (Lipinski definition) is 2. The molecule has 5 heteroatoms. The Morgan fingerprint density at radius 1 is 1.50 bits per heavy atom. The van der Waals surface area contributed by atoms with Crippen LogP contribution in [0.15, 0.2) is 0 Å². The fourth-order valence-electron chi connectivity index (χ4n) is 1.48. The zero-order chi connectivity index (χ0) is 10.8. The Kier molecular flexibility index (Phi) is 3.55. The second-order valence-corrected chi connectivity index (χ2v) is 6.56. The van der Waals surface area contributed by atoms with Gasteiger partial charge in [0.05, 0.1) is 5.75 Å². The lowest BCUT2D eigenvalue weighted by atomic mass is 10.1. The molecule has 0 radical (unpaired) electrons. The number of aliphatic hydroxyl groups is 1. The molecule has 1 rings (SSSR count). The Morgan fingerprint density at radius 3 is 2.50 bits per heavy atom. The van der Waals surface area contributed by atoms with Crippen LogP contribution in [0.5, 0.6) is 0 Å². The van der Waals surface area contributed by atoms with Crippen LogP contribution >= 0.6 is 0 Å². The molecule has 4 nitrogen and oxygen atoms in total. The van der Waals surface area contributed by atoms with Gasteiger partial charge >= 0.3 is 0 Å². The highest BCUT2D eigenvalue weighted by atomic mass is 32.2. The second-order valence-electron chi connectivity index (χ2n) is 4.63. The monoisotopic (exact) mass is 221 g/mol. The van der Waals surface area contributed by atoms with E-state index in [1.165, 1.54) is 0 Å². The van der Waals surface area contributed by atoms with Crippen molar-refractivity contribution in [2.24, 2.45) is 11.3 Å². The first-order chi connectivity index (χ1) is 6.37. The van der Waals surface area contributed by atoms with Crippen molar-refractivity contribution in [1.29, 1.82) is 0 Å². The van der Waals surface area contributed by atoms with Gasteiger partial charge in [0, 0.05) is 13.2 Å². The van der Waals surface area contributed by atoms with Crippen LogP contribution in [-0.2, 0) is 10.0 Å². The summed E-state index contributed by atoms with van der Waals surface area (Å²) in [5.74, 6) is 0.503. The zero-order valence-electron chi connectivity index (χ0n) is 8.78. The minimum absolute atomic E-state index is 0.0245. The lowest BCUT2D eigenvalue weighted by Crippen LogP contribution is -2.29. The van der Waals surface area contributed by atoms with E-state index in [4.69, 9.17) is 5.11 Å². The molecule has 1 aliphatic rings. The van der Waals surface area contributed by atoms with Crippen molar-refractivity contribution in [2.75, 3.05) is 18.9 Å². The van der Waals surface area contributed by atoms with E-state index >= 15 is 0 Å². The number of nitrogens with one attached hydrogen (secondary N) is 1. The molecule has 1 aliphatic carbocycles. The van der Waals surface area contributed by atoms with E-state index in [-0.39, 0.29) is 12.4 Å². The summed E-state index contributed by atoms with van der Waals surface area (Å²) < 4.78 is 25.2. The minimum atomic E-state index is -3.16. The fraction of sp³-hybridized carbons (Fsp3) is 1.00. The summed E-state index contributed by atoms with van der Waals surface area (Å²) in [6.45, 7) is 4.75. The quantitative estimate of drug-likeness (QED) is 0.679. The van der Waals surface area contributed by atoms with Gasteiger partial charge in [-0.25, -0.2) is 13.1 Å². The Labute approximate surface area is 85.8 Å². The van der Waals surface area contributed by atoms with Crippen LogP contribution < -0.4 is 4.72 Å². The third-order valence-corrected chi connectivity index (χ3v) is 4.27. The molecule has 1 saturated carbocycles. The first kappa shape index (κ1) is 11.9. The van der Waals surface area contributed by atoms with Crippen molar-refractivity contribution in [1.82, 2.24) is 4.72 Å². The smallest absolute Gasteiger partial charge is 0.211 e. The first-order valence-corrected chi connectivity index (χ1v) is 6.61. The highest BCUT2D eigenvalue weighted by molar-refractivity contribution is 7.89. The number of hydrogen-bond acceptors (Lipinski definition) is 3. The van der Waals surface area contributed by atoms with Gasteiger partial charge < -0.3 is 5.11 Å². The molecule has 0 aliphatic heterocycles. The molecule has 0 bridgehead atoms. The van der Waals surface area contributed by atoms with Crippen LogP contribution in [0, 0.1) is 11.3 Å².